The standard InChI is InChI=1S/C6H10N6O.C3H7NO2/c1-12(2)11-10-6-4(5(7)13)8-3-9-6;1-2-6-3(4)5/h3H,1-2H3,(H2,7,13)(H,8,9);2H2,1H3,(H2,4,5)/b11-10+;. The summed E-state index contributed by atoms with van der Waals surface area (Å²) in [5, 5.41) is 8.90. The van der Waals surface area contributed by atoms with Gasteiger partial charge in [-0.1, -0.05) is 5.22 Å². The number of carbonyl (C=O) groups is 2. The molecule has 1 heterocycles. The lowest BCUT2D eigenvalue weighted by molar-refractivity contribution is 0.0996. The second kappa shape index (κ2) is 8.44. The molecule has 5 N–H and O–H groups in total. The molecule has 0 bridgehead atoms. The van der Waals surface area contributed by atoms with Crippen LogP contribution in [0.5, 0.6) is 0 Å². The third kappa shape index (κ3) is 7.31. The van der Waals surface area contributed by atoms with Crippen LogP contribution in [0.15, 0.2) is 16.7 Å². The predicted molar refractivity (Wildman–Crippen MR) is 66.5 cm³/mol. The normalized spacial score (nSPS) is 9.63. The van der Waals surface area contributed by atoms with Crippen LogP contribution in [-0.2, 0) is 4.74 Å². The lowest BCUT2D eigenvalue weighted by Crippen LogP contribution is -2.11. The number of nitrogens with two attached hydrogens (primary N) is 2. The summed E-state index contributed by atoms with van der Waals surface area (Å²) in [5.41, 5.74) is 9.66. The van der Waals surface area contributed by atoms with Gasteiger partial charge in [-0.2, -0.15) is 0 Å². The summed E-state index contributed by atoms with van der Waals surface area (Å²) >= 11 is 0. The van der Waals surface area contributed by atoms with Gasteiger partial charge in [0, 0.05) is 14.1 Å². The van der Waals surface area contributed by atoms with E-state index >= 15 is 0 Å². The third-order valence-electron chi connectivity index (χ3n) is 1.46. The molecule has 2 amide bonds. The molecule has 0 fully saturated rings. The molecule has 0 aliphatic carbocycles. The largest absolute Gasteiger partial charge is 0.450 e. The number of aromatic amines is 1. The van der Waals surface area contributed by atoms with E-state index in [0.717, 1.165) is 0 Å². The van der Waals surface area contributed by atoms with Crippen molar-refractivity contribution in [1.82, 2.24) is 15.0 Å². The summed E-state index contributed by atoms with van der Waals surface area (Å²) in [6.45, 7) is 2.06. The maximum absolute atomic E-state index is 10.8. The Hall–Kier alpha value is -2.65. The minimum Gasteiger partial charge on any atom is -0.450 e. The van der Waals surface area contributed by atoms with E-state index < -0.39 is 12.0 Å². The summed E-state index contributed by atoms with van der Waals surface area (Å²) < 4.78 is 4.18. The molecule has 1 aromatic heterocycles. The topological polar surface area (TPSA) is 152 Å². The van der Waals surface area contributed by atoms with Crippen molar-refractivity contribution < 1.29 is 14.3 Å². The number of ether oxygens (including phenoxy) is 1. The van der Waals surface area contributed by atoms with Crippen molar-refractivity contribution in [2.45, 2.75) is 6.92 Å². The fourth-order valence-electron chi connectivity index (χ4n) is 0.820. The van der Waals surface area contributed by atoms with E-state index in [2.05, 4.69) is 30.8 Å². The number of nitrogens with one attached hydrogen (secondary N) is 1. The summed E-state index contributed by atoms with van der Waals surface area (Å²) in [4.78, 5) is 26.7. The summed E-state index contributed by atoms with van der Waals surface area (Å²) in [6, 6.07) is 0. The van der Waals surface area contributed by atoms with Crippen LogP contribution in [-0.4, -0.2) is 47.7 Å². The number of hydrogen-bond acceptors (Lipinski definition) is 6. The molecular weight excluding hydrogens is 254 g/mol. The first-order valence-corrected chi connectivity index (χ1v) is 5.22. The Morgan fingerprint density at radius 2 is 2.11 bits per heavy atom. The van der Waals surface area contributed by atoms with Crippen LogP contribution in [0.25, 0.3) is 0 Å². The fraction of sp³-hybridized carbons (Fsp3) is 0.444. The van der Waals surface area contributed by atoms with Crippen molar-refractivity contribution in [3.05, 3.63) is 12.0 Å². The molecule has 0 aromatic carbocycles. The van der Waals surface area contributed by atoms with Crippen LogP contribution >= 0.6 is 0 Å². The molecule has 0 atom stereocenters. The van der Waals surface area contributed by atoms with Crippen molar-refractivity contribution in [3.8, 4) is 0 Å². The van der Waals surface area contributed by atoms with E-state index in [1.165, 1.54) is 11.3 Å². The third-order valence-corrected chi connectivity index (χ3v) is 1.46. The Morgan fingerprint density at radius 1 is 1.47 bits per heavy atom. The number of nitrogens with zero attached hydrogens (tertiary/aromatic N) is 4. The Labute approximate surface area is 109 Å². The van der Waals surface area contributed by atoms with Crippen molar-refractivity contribution in [1.29, 1.82) is 0 Å². The number of primary amides is 2. The maximum Gasteiger partial charge on any atom is 0.404 e. The van der Waals surface area contributed by atoms with Crippen LogP contribution < -0.4 is 11.5 Å². The SMILES string of the molecule is CCOC(N)=O.CN(C)/N=N/c1[nH]cnc1C(N)=O. The lowest BCUT2D eigenvalue weighted by atomic mass is 10.4. The molecule has 0 spiro atoms. The first-order valence-electron chi connectivity index (χ1n) is 5.22. The lowest BCUT2D eigenvalue weighted by Gasteiger charge is -1.99. The van der Waals surface area contributed by atoms with Crippen LogP contribution in [0, 0.1) is 0 Å². The molecule has 19 heavy (non-hydrogen) atoms. The van der Waals surface area contributed by atoms with Gasteiger partial charge in [0.1, 0.15) is 0 Å². The molecule has 10 heteroatoms. The maximum atomic E-state index is 10.8. The highest BCUT2D eigenvalue weighted by Crippen LogP contribution is 2.12. The van der Waals surface area contributed by atoms with Crippen LogP contribution in [0.2, 0.25) is 0 Å². The number of aromatic nitrogens is 2. The quantitative estimate of drug-likeness (QED) is 0.526. The van der Waals surface area contributed by atoms with E-state index in [0.29, 0.717) is 6.61 Å². The van der Waals surface area contributed by atoms with Crippen molar-refractivity contribution in [2.75, 3.05) is 20.7 Å². The number of rotatable bonds is 4. The van der Waals surface area contributed by atoms with E-state index in [1.807, 2.05) is 0 Å². The summed E-state index contributed by atoms with van der Waals surface area (Å²) in [5.74, 6) is -0.366. The second-order valence-electron chi connectivity index (χ2n) is 3.25. The molecule has 0 aliphatic heterocycles. The average Bonchev–Trinajstić information content (AvgIpc) is 2.75. The first-order chi connectivity index (χ1) is 8.88. The van der Waals surface area contributed by atoms with Gasteiger partial charge >= 0.3 is 6.09 Å². The second-order valence-corrected chi connectivity index (χ2v) is 3.25. The van der Waals surface area contributed by atoms with Gasteiger partial charge in [0.25, 0.3) is 5.91 Å². The van der Waals surface area contributed by atoms with E-state index in [1.54, 1.807) is 21.0 Å². The minimum absolute atomic E-state index is 0.0885. The van der Waals surface area contributed by atoms with Crippen molar-refractivity contribution in [2.24, 2.45) is 21.8 Å². The van der Waals surface area contributed by atoms with Crippen molar-refractivity contribution >= 4 is 17.8 Å². The molecule has 0 saturated carbocycles. The monoisotopic (exact) mass is 271 g/mol. The number of carbonyl (C=O) groups excluding carboxylic acids is 2. The van der Waals surface area contributed by atoms with Crippen LogP contribution in [0.3, 0.4) is 0 Å². The molecular formula is C9H17N7O3. The molecule has 0 unspecified atom stereocenters. The van der Waals surface area contributed by atoms with Crippen LogP contribution in [0.1, 0.15) is 17.4 Å². The molecule has 1 aromatic rings. The van der Waals surface area contributed by atoms with E-state index in [9.17, 15) is 9.59 Å². The van der Waals surface area contributed by atoms with E-state index in [-0.39, 0.29) is 11.5 Å². The zero-order valence-corrected chi connectivity index (χ0v) is 11.0. The Bertz CT molecular complexity index is 441. The summed E-state index contributed by atoms with van der Waals surface area (Å²) in [6.07, 6.45) is 0.627. The summed E-state index contributed by atoms with van der Waals surface area (Å²) in [7, 11) is 3.42. The van der Waals surface area contributed by atoms with Gasteiger partial charge in [-0.3, -0.25) is 9.80 Å². The van der Waals surface area contributed by atoms with Gasteiger partial charge in [-0.25, -0.2) is 9.78 Å². The average molecular weight is 271 g/mol. The Morgan fingerprint density at radius 3 is 2.47 bits per heavy atom. The number of amides is 2. The van der Waals surface area contributed by atoms with Gasteiger partial charge in [-0.05, 0) is 6.92 Å². The first kappa shape index (κ1) is 16.4. The highest BCUT2D eigenvalue weighted by atomic mass is 16.5. The predicted octanol–water partition coefficient (Wildman–Crippen LogP) is 0.171. The van der Waals surface area contributed by atoms with Gasteiger partial charge in [0.2, 0.25) is 0 Å². The molecule has 0 aliphatic rings. The van der Waals surface area contributed by atoms with Gasteiger partial charge < -0.3 is 21.2 Å². The molecule has 1 rings (SSSR count). The Kier molecular flexibility index (Phi) is 7.26. The van der Waals surface area contributed by atoms with Gasteiger partial charge in [0.15, 0.2) is 11.5 Å². The zero-order chi connectivity index (χ0) is 14.8. The van der Waals surface area contributed by atoms with Crippen LogP contribution in [0.4, 0.5) is 10.6 Å². The van der Waals surface area contributed by atoms with Gasteiger partial charge in [0.05, 0.1) is 12.9 Å². The molecule has 10 nitrogen and oxygen atoms in total. The van der Waals surface area contributed by atoms with Gasteiger partial charge in [-0.15, -0.1) is 5.11 Å². The van der Waals surface area contributed by atoms with Crippen molar-refractivity contribution in [3.63, 3.8) is 0 Å². The smallest absolute Gasteiger partial charge is 0.404 e. The Balaban J connectivity index is 0.000000459. The zero-order valence-electron chi connectivity index (χ0n) is 11.0. The van der Waals surface area contributed by atoms with E-state index in [4.69, 9.17) is 5.73 Å². The molecule has 0 saturated heterocycles. The number of imidazole rings is 1. The highest BCUT2D eigenvalue weighted by Gasteiger charge is 2.09. The fourth-order valence-corrected chi connectivity index (χ4v) is 0.820. The molecule has 0 radical (unpaired) electrons. The minimum atomic E-state index is -0.711. The molecule has 106 valence electrons. The number of H-pyrrole nitrogens is 1. The number of hydrogen-bond donors (Lipinski definition) is 3. The highest BCUT2D eigenvalue weighted by molar-refractivity contribution is 5.94.